The molecule has 0 saturated carbocycles. The van der Waals surface area contributed by atoms with Crippen LogP contribution in [-0.4, -0.2) is 11.1 Å². The van der Waals surface area contributed by atoms with Gasteiger partial charge in [-0.25, -0.2) is 4.79 Å². The molecule has 1 aromatic carbocycles. The number of anilines is 1. The number of fused-ring (bicyclic) bond motifs is 1. The van der Waals surface area contributed by atoms with Gasteiger partial charge in [0.05, 0.1) is 0 Å². The summed E-state index contributed by atoms with van der Waals surface area (Å²) in [6.07, 6.45) is 0. The van der Waals surface area contributed by atoms with E-state index in [4.69, 9.17) is 10.8 Å². The highest BCUT2D eigenvalue weighted by atomic mass is 35.5. The van der Waals surface area contributed by atoms with E-state index in [1.807, 2.05) is 6.07 Å². The van der Waals surface area contributed by atoms with E-state index in [9.17, 15) is 4.79 Å². The van der Waals surface area contributed by atoms with Gasteiger partial charge in [-0.05, 0) is 29.7 Å². The van der Waals surface area contributed by atoms with Gasteiger partial charge >= 0.3 is 5.97 Å². The Bertz CT molecular complexity index is 481. The molecule has 3 N–H and O–H groups in total. The van der Waals surface area contributed by atoms with Crippen LogP contribution in [-0.2, 0) is 0 Å². The van der Waals surface area contributed by atoms with Gasteiger partial charge in [0.25, 0.3) is 0 Å². The molecule has 0 aliphatic rings. The Morgan fingerprint density at radius 2 is 2.07 bits per heavy atom. The summed E-state index contributed by atoms with van der Waals surface area (Å²) in [6, 6.07) is 7.02. The van der Waals surface area contributed by atoms with Crippen molar-refractivity contribution >= 4 is 45.5 Å². The Balaban J connectivity index is 0.000000980. The van der Waals surface area contributed by atoms with Crippen molar-refractivity contribution in [1.82, 2.24) is 0 Å². The minimum absolute atomic E-state index is 0. The zero-order valence-corrected chi connectivity index (χ0v) is 8.69. The Morgan fingerprint density at radius 1 is 1.36 bits per heavy atom. The van der Waals surface area contributed by atoms with Gasteiger partial charge in [-0.3, -0.25) is 0 Å². The first kappa shape index (κ1) is 10.8. The minimum atomic E-state index is -0.889. The molecule has 0 bridgehead atoms. The van der Waals surface area contributed by atoms with Gasteiger partial charge < -0.3 is 10.8 Å². The van der Waals surface area contributed by atoms with Crippen molar-refractivity contribution in [2.75, 3.05) is 5.73 Å². The Kier molecular flexibility index (Phi) is 2.98. The number of halogens is 1. The fraction of sp³-hybridized carbons (Fsp3) is 0. The molecule has 5 heteroatoms. The molecule has 1 heterocycles. The molecule has 3 nitrogen and oxygen atoms in total. The number of nitrogen functional groups attached to an aromatic ring is 1. The van der Waals surface area contributed by atoms with Crippen molar-refractivity contribution in [1.29, 1.82) is 0 Å². The number of hydrogen-bond acceptors (Lipinski definition) is 3. The first-order valence-corrected chi connectivity index (χ1v) is 4.51. The fourth-order valence-electron chi connectivity index (χ4n) is 1.17. The summed E-state index contributed by atoms with van der Waals surface area (Å²) in [5.74, 6) is -0.889. The summed E-state index contributed by atoms with van der Waals surface area (Å²) in [5, 5.41) is 9.63. The summed E-state index contributed by atoms with van der Waals surface area (Å²) in [7, 11) is 0. The van der Waals surface area contributed by atoms with E-state index in [0.29, 0.717) is 10.6 Å². The van der Waals surface area contributed by atoms with Gasteiger partial charge in [-0.15, -0.1) is 23.7 Å². The maximum Gasteiger partial charge on any atom is 0.345 e. The van der Waals surface area contributed by atoms with Gasteiger partial charge in [-0.1, -0.05) is 0 Å². The molecule has 0 aliphatic heterocycles. The lowest BCUT2D eigenvalue weighted by Crippen LogP contribution is -1.89. The van der Waals surface area contributed by atoms with Gasteiger partial charge in [0.1, 0.15) is 4.88 Å². The molecule has 0 fully saturated rings. The van der Waals surface area contributed by atoms with Crippen molar-refractivity contribution in [2.24, 2.45) is 0 Å². The van der Waals surface area contributed by atoms with Crippen LogP contribution in [0.15, 0.2) is 24.3 Å². The van der Waals surface area contributed by atoms with Gasteiger partial charge in [0.2, 0.25) is 0 Å². The molecule has 74 valence electrons. The van der Waals surface area contributed by atoms with Crippen LogP contribution < -0.4 is 5.73 Å². The third-order valence-electron chi connectivity index (χ3n) is 1.75. The van der Waals surface area contributed by atoms with Crippen LogP contribution in [0.1, 0.15) is 9.67 Å². The third kappa shape index (κ3) is 1.81. The number of carbonyl (C=O) groups is 1. The molecule has 0 aliphatic carbocycles. The molecule has 0 amide bonds. The molecule has 0 unspecified atom stereocenters. The monoisotopic (exact) mass is 229 g/mol. The average molecular weight is 230 g/mol. The number of thiophene rings is 1. The van der Waals surface area contributed by atoms with Crippen LogP contribution >= 0.6 is 23.7 Å². The second-order valence-corrected chi connectivity index (χ2v) is 3.80. The summed E-state index contributed by atoms with van der Waals surface area (Å²) >= 11 is 1.26. The zero-order valence-electron chi connectivity index (χ0n) is 7.06. The summed E-state index contributed by atoms with van der Waals surface area (Å²) < 4.78 is 0.951. The highest BCUT2D eigenvalue weighted by molar-refractivity contribution is 7.20. The Hall–Kier alpha value is -1.26. The predicted octanol–water partition coefficient (Wildman–Crippen LogP) is 2.60. The van der Waals surface area contributed by atoms with E-state index in [2.05, 4.69) is 0 Å². The lowest BCUT2D eigenvalue weighted by molar-refractivity contribution is 0.0702. The molecular weight excluding hydrogens is 222 g/mol. The zero-order chi connectivity index (χ0) is 9.42. The second kappa shape index (κ2) is 3.86. The predicted molar refractivity (Wildman–Crippen MR) is 60.4 cm³/mol. The van der Waals surface area contributed by atoms with Crippen LogP contribution in [0.2, 0.25) is 0 Å². The Labute approximate surface area is 90.6 Å². The average Bonchev–Trinajstić information content (AvgIpc) is 2.46. The SMILES string of the molecule is Cl.Nc1ccc2sc(C(=O)O)cc2c1. The molecule has 0 saturated heterocycles. The first-order chi connectivity index (χ1) is 6.16. The van der Waals surface area contributed by atoms with Crippen molar-refractivity contribution in [2.45, 2.75) is 0 Å². The lowest BCUT2D eigenvalue weighted by atomic mass is 10.2. The minimum Gasteiger partial charge on any atom is -0.477 e. The van der Waals surface area contributed by atoms with Crippen LogP contribution in [0.4, 0.5) is 5.69 Å². The quantitative estimate of drug-likeness (QED) is 0.739. The number of nitrogens with two attached hydrogens (primary N) is 1. The van der Waals surface area contributed by atoms with E-state index in [-0.39, 0.29) is 12.4 Å². The smallest absolute Gasteiger partial charge is 0.345 e. The normalized spacial score (nSPS) is 9.71. The van der Waals surface area contributed by atoms with Crippen LogP contribution in [0.25, 0.3) is 10.1 Å². The van der Waals surface area contributed by atoms with Crippen molar-refractivity contribution in [3.05, 3.63) is 29.1 Å². The summed E-state index contributed by atoms with van der Waals surface area (Å²) in [6.45, 7) is 0. The first-order valence-electron chi connectivity index (χ1n) is 3.69. The summed E-state index contributed by atoms with van der Waals surface area (Å²) in [5.41, 5.74) is 6.22. The molecule has 2 rings (SSSR count). The molecule has 0 atom stereocenters. The van der Waals surface area contributed by atoms with Gasteiger partial charge in [0, 0.05) is 10.4 Å². The highest BCUT2D eigenvalue weighted by Gasteiger charge is 2.07. The van der Waals surface area contributed by atoms with Crippen molar-refractivity contribution in [3.8, 4) is 0 Å². The third-order valence-corrected chi connectivity index (χ3v) is 2.86. The topological polar surface area (TPSA) is 63.3 Å². The van der Waals surface area contributed by atoms with E-state index in [0.717, 1.165) is 10.1 Å². The Morgan fingerprint density at radius 3 is 2.71 bits per heavy atom. The molecule has 1 aromatic heterocycles. The largest absolute Gasteiger partial charge is 0.477 e. The van der Waals surface area contributed by atoms with Crippen LogP contribution in [0.3, 0.4) is 0 Å². The highest BCUT2D eigenvalue weighted by Crippen LogP contribution is 2.26. The van der Waals surface area contributed by atoms with Crippen LogP contribution in [0, 0.1) is 0 Å². The fourth-order valence-corrected chi connectivity index (χ4v) is 2.05. The number of hydrogen-bond donors (Lipinski definition) is 2. The maximum atomic E-state index is 10.6. The molecule has 2 aromatic rings. The standard InChI is InChI=1S/C9H7NO2S.ClH/c10-6-1-2-7-5(3-6)4-8(13-7)9(11)12;/h1-4H,10H2,(H,11,12);1H. The van der Waals surface area contributed by atoms with Crippen molar-refractivity contribution in [3.63, 3.8) is 0 Å². The molecular formula is C9H8ClNO2S. The number of aromatic carboxylic acids is 1. The lowest BCUT2D eigenvalue weighted by Gasteiger charge is -1.90. The molecule has 14 heavy (non-hydrogen) atoms. The number of rotatable bonds is 1. The van der Waals surface area contributed by atoms with E-state index >= 15 is 0 Å². The van der Waals surface area contributed by atoms with Crippen molar-refractivity contribution < 1.29 is 9.90 Å². The molecule has 0 spiro atoms. The van der Waals surface area contributed by atoms with Crippen LogP contribution in [0.5, 0.6) is 0 Å². The van der Waals surface area contributed by atoms with Gasteiger partial charge in [0.15, 0.2) is 0 Å². The number of carboxylic acids is 1. The number of carboxylic acid groups (broad SMARTS) is 1. The molecule has 0 radical (unpaired) electrons. The van der Waals surface area contributed by atoms with E-state index in [1.54, 1.807) is 18.2 Å². The number of benzene rings is 1. The summed E-state index contributed by atoms with van der Waals surface area (Å²) in [4.78, 5) is 11.0. The second-order valence-electron chi connectivity index (χ2n) is 2.71. The van der Waals surface area contributed by atoms with Gasteiger partial charge in [-0.2, -0.15) is 0 Å². The maximum absolute atomic E-state index is 10.6. The van der Waals surface area contributed by atoms with E-state index < -0.39 is 5.97 Å². The van der Waals surface area contributed by atoms with E-state index in [1.165, 1.54) is 11.3 Å².